The summed E-state index contributed by atoms with van der Waals surface area (Å²) in [7, 11) is 0. The van der Waals surface area contributed by atoms with E-state index in [1.807, 2.05) is 18.7 Å². The highest BCUT2D eigenvalue weighted by Gasteiger charge is 2.22. The minimum absolute atomic E-state index is 0.0366. The number of pyridine rings is 1. The fourth-order valence-electron chi connectivity index (χ4n) is 3.03. The van der Waals surface area contributed by atoms with E-state index in [-0.39, 0.29) is 17.5 Å². The zero-order chi connectivity index (χ0) is 18.2. The van der Waals surface area contributed by atoms with Gasteiger partial charge in [-0.25, -0.2) is 9.78 Å². The fraction of sp³-hybridized carbons (Fsp3) is 0.579. The van der Waals surface area contributed by atoms with E-state index in [9.17, 15) is 4.79 Å². The van der Waals surface area contributed by atoms with Gasteiger partial charge < -0.3 is 19.5 Å². The molecule has 0 atom stereocenters. The number of hydrogen-bond donors (Lipinski definition) is 1. The molecule has 0 radical (unpaired) electrons. The van der Waals surface area contributed by atoms with Crippen LogP contribution in [0.15, 0.2) is 24.5 Å². The van der Waals surface area contributed by atoms with Crippen LogP contribution >= 0.6 is 0 Å². The van der Waals surface area contributed by atoms with Crippen LogP contribution in [0.5, 0.6) is 0 Å². The summed E-state index contributed by atoms with van der Waals surface area (Å²) < 4.78 is 2.10. The molecule has 6 heteroatoms. The van der Waals surface area contributed by atoms with E-state index in [0.717, 1.165) is 37.5 Å². The number of aromatic nitrogens is 2. The molecule has 25 heavy (non-hydrogen) atoms. The van der Waals surface area contributed by atoms with Crippen molar-refractivity contribution in [2.24, 2.45) is 0 Å². The molecule has 6 nitrogen and oxygen atoms in total. The zero-order valence-electron chi connectivity index (χ0n) is 15.9. The summed E-state index contributed by atoms with van der Waals surface area (Å²) in [6.45, 7) is 13.7. The lowest BCUT2D eigenvalue weighted by molar-refractivity contribution is 0.192. The van der Waals surface area contributed by atoms with Gasteiger partial charge in [0.15, 0.2) is 0 Å². The molecular weight excluding hydrogens is 314 g/mol. The number of carbonyl (C=O) groups excluding carboxylic acids is 1. The third kappa shape index (κ3) is 3.89. The zero-order valence-corrected chi connectivity index (χ0v) is 15.9. The van der Waals surface area contributed by atoms with Crippen molar-refractivity contribution in [3.63, 3.8) is 0 Å². The molecule has 0 bridgehead atoms. The quantitative estimate of drug-likeness (QED) is 0.912. The van der Waals surface area contributed by atoms with E-state index >= 15 is 0 Å². The summed E-state index contributed by atoms with van der Waals surface area (Å²) in [5.41, 5.74) is 3.29. The van der Waals surface area contributed by atoms with Gasteiger partial charge in [0.25, 0.3) is 0 Å². The number of anilines is 1. The summed E-state index contributed by atoms with van der Waals surface area (Å²) in [4.78, 5) is 21.0. The van der Waals surface area contributed by atoms with Gasteiger partial charge >= 0.3 is 6.03 Å². The van der Waals surface area contributed by atoms with E-state index in [1.165, 1.54) is 5.69 Å². The second kappa shape index (κ2) is 6.58. The van der Waals surface area contributed by atoms with Crippen molar-refractivity contribution >= 4 is 17.4 Å². The van der Waals surface area contributed by atoms with Crippen LogP contribution < -0.4 is 10.2 Å². The summed E-state index contributed by atoms with van der Waals surface area (Å²) in [6.07, 6.45) is 4.26. The molecule has 0 aromatic carbocycles. The van der Waals surface area contributed by atoms with E-state index in [0.29, 0.717) is 0 Å². The van der Waals surface area contributed by atoms with E-state index in [1.54, 1.807) is 0 Å². The van der Waals surface area contributed by atoms with Crippen molar-refractivity contribution in [3.8, 4) is 0 Å². The van der Waals surface area contributed by atoms with Crippen molar-refractivity contribution in [3.05, 3.63) is 30.2 Å². The third-order valence-corrected chi connectivity index (χ3v) is 4.55. The molecule has 2 aromatic rings. The highest BCUT2D eigenvalue weighted by molar-refractivity contribution is 5.74. The van der Waals surface area contributed by atoms with Crippen LogP contribution in [0.25, 0.3) is 5.65 Å². The molecule has 0 aliphatic carbocycles. The molecule has 1 aliphatic heterocycles. The number of nitrogens with zero attached hydrogens (tertiary/aromatic N) is 4. The van der Waals surface area contributed by atoms with Crippen LogP contribution in [-0.4, -0.2) is 52.5 Å². The van der Waals surface area contributed by atoms with Gasteiger partial charge in [-0.05, 0) is 26.0 Å². The molecule has 136 valence electrons. The van der Waals surface area contributed by atoms with Gasteiger partial charge in [0.1, 0.15) is 5.65 Å². The molecule has 1 fully saturated rings. The Morgan fingerprint density at radius 2 is 1.80 bits per heavy atom. The summed E-state index contributed by atoms with van der Waals surface area (Å²) in [5.74, 6) is 0. The number of carbonyl (C=O) groups is 1. The molecule has 1 N–H and O–H groups in total. The highest BCUT2D eigenvalue weighted by Crippen LogP contribution is 2.24. The van der Waals surface area contributed by atoms with Gasteiger partial charge in [-0.2, -0.15) is 0 Å². The first-order valence-corrected chi connectivity index (χ1v) is 9.03. The lowest BCUT2D eigenvalue weighted by Crippen LogP contribution is -2.52. The van der Waals surface area contributed by atoms with Crippen LogP contribution in [0, 0.1) is 0 Å². The SMILES string of the molecule is CC(C)NC(=O)N1CCN(c2ccc3nc(C(C)(C)C)cn3c2)CC1. The maximum atomic E-state index is 12.1. The summed E-state index contributed by atoms with van der Waals surface area (Å²) >= 11 is 0. The topological polar surface area (TPSA) is 52.9 Å². The molecule has 2 aromatic heterocycles. The lowest BCUT2D eigenvalue weighted by Gasteiger charge is -2.36. The fourth-order valence-corrected chi connectivity index (χ4v) is 3.03. The van der Waals surface area contributed by atoms with Crippen LogP contribution in [0.2, 0.25) is 0 Å². The average Bonchev–Trinajstić information content (AvgIpc) is 2.98. The number of nitrogens with one attached hydrogen (secondary N) is 1. The van der Waals surface area contributed by atoms with Gasteiger partial charge in [-0.3, -0.25) is 0 Å². The van der Waals surface area contributed by atoms with Gasteiger partial charge in [0, 0.05) is 50.0 Å². The van der Waals surface area contributed by atoms with Crippen molar-refractivity contribution in [2.75, 3.05) is 31.1 Å². The van der Waals surface area contributed by atoms with E-state index < -0.39 is 0 Å². The molecule has 1 aliphatic rings. The standard InChI is InChI=1S/C19H29N5O/c1-14(2)20-18(25)23-10-8-22(9-11-23)15-6-7-17-21-16(19(3,4)5)13-24(17)12-15/h6-7,12-14H,8-11H2,1-5H3,(H,20,25). The Labute approximate surface area is 149 Å². The molecule has 0 spiro atoms. The average molecular weight is 343 g/mol. The lowest BCUT2D eigenvalue weighted by atomic mass is 9.93. The molecule has 0 saturated carbocycles. The Bertz CT molecular complexity index is 751. The molecule has 3 heterocycles. The predicted octanol–water partition coefficient (Wildman–Crippen LogP) is 2.87. The summed E-state index contributed by atoms with van der Waals surface area (Å²) in [5, 5.41) is 2.96. The second-order valence-corrected chi connectivity index (χ2v) is 8.11. The first-order chi connectivity index (χ1) is 11.7. The van der Waals surface area contributed by atoms with E-state index in [4.69, 9.17) is 4.98 Å². The smallest absolute Gasteiger partial charge is 0.317 e. The minimum Gasteiger partial charge on any atom is -0.367 e. The Kier molecular flexibility index (Phi) is 4.62. The number of urea groups is 1. The molecule has 1 saturated heterocycles. The Balaban J connectivity index is 1.70. The number of hydrogen-bond acceptors (Lipinski definition) is 3. The first-order valence-electron chi connectivity index (χ1n) is 9.03. The number of imidazole rings is 1. The Morgan fingerprint density at radius 1 is 1.12 bits per heavy atom. The largest absolute Gasteiger partial charge is 0.367 e. The van der Waals surface area contributed by atoms with Crippen LogP contribution in [0.3, 0.4) is 0 Å². The second-order valence-electron chi connectivity index (χ2n) is 8.11. The van der Waals surface area contributed by atoms with Crippen molar-refractivity contribution in [1.29, 1.82) is 0 Å². The van der Waals surface area contributed by atoms with Crippen LogP contribution in [-0.2, 0) is 5.41 Å². The number of rotatable bonds is 2. The van der Waals surface area contributed by atoms with Gasteiger partial charge in [0.05, 0.1) is 11.4 Å². The molecular formula is C19H29N5O. The number of amides is 2. The summed E-state index contributed by atoms with van der Waals surface area (Å²) in [6, 6.07) is 4.40. The molecule has 3 rings (SSSR count). The van der Waals surface area contributed by atoms with E-state index in [2.05, 4.69) is 59.9 Å². The molecule has 2 amide bonds. The normalized spacial score (nSPS) is 15.9. The van der Waals surface area contributed by atoms with Crippen molar-refractivity contribution < 1.29 is 4.79 Å². The van der Waals surface area contributed by atoms with Crippen molar-refractivity contribution in [1.82, 2.24) is 19.6 Å². The minimum atomic E-state index is 0.0366. The van der Waals surface area contributed by atoms with Crippen LogP contribution in [0.4, 0.5) is 10.5 Å². The maximum absolute atomic E-state index is 12.1. The Hall–Kier alpha value is -2.24. The predicted molar refractivity (Wildman–Crippen MR) is 101 cm³/mol. The van der Waals surface area contributed by atoms with Gasteiger partial charge in [-0.1, -0.05) is 20.8 Å². The van der Waals surface area contributed by atoms with Crippen molar-refractivity contribution in [2.45, 2.75) is 46.1 Å². The number of fused-ring (bicyclic) bond motifs is 1. The monoisotopic (exact) mass is 343 g/mol. The van der Waals surface area contributed by atoms with Gasteiger partial charge in [0.2, 0.25) is 0 Å². The first kappa shape index (κ1) is 17.6. The van der Waals surface area contributed by atoms with Crippen LogP contribution in [0.1, 0.15) is 40.3 Å². The maximum Gasteiger partial charge on any atom is 0.317 e. The van der Waals surface area contributed by atoms with Gasteiger partial charge in [-0.15, -0.1) is 0 Å². The molecule has 0 unspecified atom stereocenters. The Morgan fingerprint density at radius 3 is 2.40 bits per heavy atom. The highest BCUT2D eigenvalue weighted by atomic mass is 16.2. The number of piperazine rings is 1. The third-order valence-electron chi connectivity index (χ3n) is 4.55.